The minimum Gasteiger partial charge on any atom is -0.274 e. The van der Waals surface area contributed by atoms with Crippen molar-refractivity contribution in [1.29, 1.82) is 0 Å². The first-order chi connectivity index (χ1) is 9.30. The van der Waals surface area contributed by atoms with Crippen LogP contribution in [0.25, 0.3) is 0 Å². The van der Waals surface area contributed by atoms with Gasteiger partial charge in [-0.15, -0.1) is 0 Å². The molecule has 0 spiro atoms. The van der Waals surface area contributed by atoms with E-state index in [9.17, 15) is 39.6 Å². The Balaban J connectivity index is 3.65. The number of amides is 1. The first kappa shape index (κ1) is 17.3. The van der Waals surface area contributed by atoms with E-state index in [4.69, 9.17) is 0 Å². The van der Waals surface area contributed by atoms with Crippen molar-refractivity contribution in [2.75, 3.05) is 4.31 Å². The molecule has 0 aliphatic rings. The summed E-state index contributed by atoms with van der Waals surface area (Å²) in [5.41, 5.74) is -9.00. The van der Waals surface area contributed by atoms with Crippen molar-refractivity contribution < 1.29 is 39.6 Å². The third-order valence-electron chi connectivity index (χ3n) is 2.25. The summed E-state index contributed by atoms with van der Waals surface area (Å²) in [7, 11) is -6.29. The van der Waals surface area contributed by atoms with Gasteiger partial charge in [-0.05, 0) is 12.1 Å². The van der Waals surface area contributed by atoms with Gasteiger partial charge in [-0.1, -0.05) is 12.1 Å². The predicted octanol–water partition coefficient (Wildman–Crippen LogP) is 2.91. The summed E-state index contributed by atoms with van der Waals surface area (Å²) >= 11 is 0. The maximum absolute atomic E-state index is 12.7. The second-order valence-electron chi connectivity index (χ2n) is 3.75. The van der Waals surface area contributed by atoms with E-state index in [0.717, 1.165) is 12.1 Å². The lowest BCUT2D eigenvalue weighted by atomic mass is 10.1. The molecule has 0 atom stereocenters. The van der Waals surface area contributed by atoms with Crippen LogP contribution < -0.4 is 4.31 Å². The van der Waals surface area contributed by atoms with Crippen molar-refractivity contribution in [2.45, 2.75) is 18.6 Å². The second kappa shape index (κ2) is 5.20. The minimum atomic E-state index is -6.29. The molecule has 21 heavy (non-hydrogen) atoms. The quantitative estimate of drug-likeness (QED) is 0.781. The second-order valence-corrected chi connectivity index (χ2v) is 5.53. The maximum Gasteiger partial charge on any atom is 0.517 e. The number of anilines is 1. The van der Waals surface area contributed by atoms with Gasteiger partial charge in [0.05, 0.1) is 11.3 Å². The highest BCUT2D eigenvalue weighted by Crippen LogP contribution is 2.39. The number of para-hydroxylation sites is 1. The molecule has 11 heteroatoms. The zero-order chi connectivity index (χ0) is 16.6. The summed E-state index contributed by atoms with van der Waals surface area (Å²) in [6, 6.07) is 2.57. The van der Waals surface area contributed by atoms with E-state index in [1.54, 1.807) is 0 Å². The number of sulfonamides is 1. The maximum atomic E-state index is 12.7. The number of hydrogen-bond donors (Lipinski definition) is 0. The monoisotopic (exact) mass is 335 g/mol. The molecule has 0 aliphatic carbocycles. The Hall–Kier alpha value is -1.78. The number of hydrogen-bond acceptors (Lipinski definition) is 3. The van der Waals surface area contributed by atoms with Crippen LogP contribution in [0.15, 0.2) is 24.3 Å². The molecule has 0 saturated carbocycles. The van der Waals surface area contributed by atoms with E-state index in [-0.39, 0.29) is 0 Å². The highest BCUT2D eigenvalue weighted by atomic mass is 32.2. The van der Waals surface area contributed by atoms with Crippen LogP contribution in [0.4, 0.5) is 32.0 Å². The van der Waals surface area contributed by atoms with Gasteiger partial charge in [0.1, 0.15) is 0 Å². The van der Waals surface area contributed by atoms with Crippen LogP contribution in [0.5, 0.6) is 0 Å². The highest BCUT2D eigenvalue weighted by molar-refractivity contribution is 7.94. The largest absolute Gasteiger partial charge is 0.517 e. The molecular weight excluding hydrogens is 328 g/mol. The zero-order valence-electron chi connectivity index (χ0n) is 10.2. The summed E-state index contributed by atoms with van der Waals surface area (Å²) in [5.74, 6) is -1.72. The predicted molar refractivity (Wildman–Crippen MR) is 59.6 cm³/mol. The highest BCUT2D eigenvalue weighted by Gasteiger charge is 2.53. The van der Waals surface area contributed by atoms with Crippen molar-refractivity contribution in [1.82, 2.24) is 0 Å². The average Bonchev–Trinajstić information content (AvgIpc) is 2.25. The first-order valence-corrected chi connectivity index (χ1v) is 6.52. The summed E-state index contributed by atoms with van der Waals surface area (Å²) in [6.45, 7) is 0.413. The number of halogens is 6. The number of carbonyl (C=O) groups excluding carboxylic acids is 1. The van der Waals surface area contributed by atoms with Gasteiger partial charge in [-0.3, -0.25) is 4.79 Å². The minimum absolute atomic E-state index is 0.372. The molecule has 0 aliphatic heterocycles. The molecule has 1 aromatic rings. The molecule has 0 unspecified atom stereocenters. The Bertz CT molecular complexity index is 649. The van der Waals surface area contributed by atoms with Gasteiger partial charge in [-0.25, -0.2) is 0 Å². The lowest BCUT2D eigenvalue weighted by molar-refractivity contribution is -0.137. The molecule has 0 radical (unpaired) electrons. The third-order valence-corrected chi connectivity index (χ3v) is 3.77. The normalized spacial score (nSPS) is 13.1. The van der Waals surface area contributed by atoms with Gasteiger partial charge in [0.2, 0.25) is 5.91 Å². The Kier molecular flexibility index (Phi) is 4.28. The Morgan fingerprint density at radius 2 is 1.52 bits per heavy atom. The molecule has 1 rings (SSSR count). The Morgan fingerprint density at radius 1 is 1.05 bits per heavy atom. The van der Waals surface area contributed by atoms with Crippen molar-refractivity contribution in [3.05, 3.63) is 29.8 Å². The number of nitrogens with zero attached hydrogens (tertiary/aromatic N) is 1. The molecule has 4 nitrogen and oxygen atoms in total. The van der Waals surface area contributed by atoms with E-state index >= 15 is 0 Å². The van der Waals surface area contributed by atoms with Gasteiger partial charge in [0, 0.05) is 6.92 Å². The molecule has 1 amide bonds. The fourth-order valence-electron chi connectivity index (χ4n) is 1.46. The molecule has 118 valence electrons. The van der Waals surface area contributed by atoms with Crippen molar-refractivity contribution >= 4 is 21.6 Å². The average molecular weight is 335 g/mol. The van der Waals surface area contributed by atoms with Gasteiger partial charge in [0.15, 0.2) is 0 Å². The number of alkyl halides is 6. The topological polar surface area (TPSA) is 54.5 Å². The van der Waals surface area contributed by atoms with Crippen LogP contribution in [0.2, 0.25) is 0 Å². The standard InChI is InChI=1S/C10H7F6NO3S/c1-6(18)17(21(19,20)10(14,15)16)8-5-3-2-4-7(8)9(11,12)13/h2-5H,1H3. The number of benzene rings is 1. The smallest absolute Gasteiger partial charge is 0.274 e. The van der Waals surface area contributed by atoms with E-state index in [1.807, 2.05) is 0 Å². The molecule has 1 aromatic carbocycles. The molecule has 0 saturated heterocycles. The van der Waals surface area contributed by atoms with Crippen LogP contribution in [-0.2, 0) is 21.0 Å². The lowest BCUT2D eigenvalue weighted by Gasteiger charge is -2.25. The van der Waals surface area contributed by atoms with E-state index < -0.39 is 43.2 Å². The lowest BCUT2D eigenvalue weighted by Crippen LogP contribution is -2.44. The zero-order valence-corrected chi connectivity index (χ0v) is 11.0. The van der Waals surface area contributed by atoms with E-state index in [0.29, 0.717) is 19.1 Å². The van der Waals surface area contributed by atoms with E-state index in [1.165, 1.54) is 0 Å². The van der Waals surface area contributed by atoms with Gasteiger partial charge < -0.3 is 0 Å². The number of rotatable bonds is 2. The van der Waals surface area contributed by atoms with Crippen LogP contribution in [-0.4, -0.2) is 19.8 Å². The fourth-order valence-corrected chi connectivity index (χ4v) is 2.43. The summed E-state index contributed by atoms with van der Waals surface area (Å²) in [4.78, 5) is 11.2. The van der Waals surface area contributed by atoms with Crippen molar-refractivity contribution in [3.63, 3.8) is 0 Å². The van der Waals surface area contributed by atoms with Gasteiger partial charge >= 0.3 is 21.7 Å². The molecule has 0 N–H and O–H groups in total. The van der Waals surface area contributed by atoms with Gasteiger partial charge in [-0.2, -0.15) is 39.1 Å². The van der Waals surface area contributed by atoms with Crippen LogP contribution in [0.1, 0.15) is 12.5 Å². The summed E-state index contributed by atoms with van der Waals surface area (Å²) in [5, 5.41) is 0. The molecule has 0 aromatic heterocycles. The van der Waals surface area contributed by atoms with Crippen molar-refractivity contribution in [2.24, 2.45) is 0 Å². The van der Waals surface area contributed by atoms with E-state index in [2.05, 4.69) is 0 Å². The first-order valence-electron chi connectivity index (χ1n) is 5.08. The Labute approximate surface area is 115 Å². The molecule has 0 heterocycles. The SMILES string of the molecule is CC(=O)N(c1ccccc1C(F)(F)F)S(=O)(=O)C(F)(F)F. The van der Waals surface area contributed by atoms with Gasteiger partial charge in [0.25, 0.3) is 0 Å². The van der Waals surface area contributed by atoms with Crippen LogP contribution >= 0.6 is 0 Å². The van der Waals surface area contributed by atoms with Crippen molar-refractivity contribution in [3.8, 4) is 0 Å². The fraction of sp³-hybridized carbons (Fsp3) is 0.300. The van der Waals surface area contributed by atoms with Crippen LogP contribution in [0, 0.1) is 0 Å². The molecular formula is C10H7F6NO3S. The van der Waals surface area contributed by atoms with Crippen LogP contribution in [0.3, 0.4) is 0 Å². The molecule has 0 fully saturated rings. The summed E-state index contributed by atoms with van der Waals surface area (Å²) < 4.78 is 97.4. The Morgan fingerprint density at radius 3 is 1.90 bits per heavy atom. The molecule has 0 bridgehead atoms. The summed E-state index contributed by atoms with van der Waals surface area (Å²) in [6.07, 6.45) is -5.13. The third kappa shape index (κ3) is 3.28. The number of carbonyl (C=O) groups is 1.